The van der Waals surface area contributed by atoms with Crippen molar-refractivity contribution in [1.82, 2.24) is 15.0 Å². The first-order valence-electron chi connectivity index (χ1n) is 8.76. The average molecular weight is 421 g/mol. The number of hydrogen-bond donors (Lipinski definition) is 2. The van der Waals surface area contributed by atoms with E-state index in [-0.39, 0.29) is 5.95 Å². The van der Waals surface area contributed by atoms with Crippen LogP contribution in [0.25, 0.3) is 0 Å². The molecule has 0 fully saturated rings. The van der Waals surface area contributed by atoms with Gasteiger partial charge in [0.05, 0.1) is 22.8 Å². The second-order valence-corrected chi connectivity index (χ2v) is 6.95. The highest BCUT2D eigenvalue weighted by Gasteiger charge is 2.30. The van der Waals surface area contributed by atoms with Crippen LogP contribution < -0.4 is 16.0 Å². The third kappa shape index (κ3) is 4.04. The summed E-state index contributed by atoms with van der Waals surface area (Å²) in [6.07, 6.45) is -2.08. The van der Waals surface area contributed by atoms with Gasteiger partial charge in [-0.05, 0) is 42.8 Å². The zero-order chi connectivity index (χ0) is 20.6. The van der Waals surface area contributed by atoms with E-state index < -0.39 is 11.7 Å². The molecule has 0 saturated heterocycles. The van der Waals surface area contributed by atoms with Crippen LogP contribution in [0.3, 0.4) is 0 Å². The molecule has 6 nitrogen and oxygen atoms in total. The smallest absolute Gasteiger partial charge is 0.383 e. The number of aromatic nitrogens is 3. The molecule has 1 aliphatic rings. The molecule has 1 aromatic carbocycles. The van der Waals surface area contributed by atoms with Crippen LogP contribution in [-0.4, -0.2) is 21.5 Å². The number of halogens is 4. The molecule has 0 spiro atoms. The van der Waals surface area contributed by atoms with E-state index in [1.807, 2.05) is 4.90 Å². The van der Waals surface area contributed by atoms with Crippen LogP contribution in [0, 0.1) is 0 Å². The largest absolute Gasteiger partial charge is 0.416 e. The molecule has 0 unspecified atom stereocenters. The number of benzene rings is 1. The molecular formula is C19H16ClF3N6. The monoisotopic (exact) mass is 420 g/mol. The first kappa shape index (κ1) is 19.3. The fourth-order valence-corrected chi connectivity index (χ4v) is 3.42. The normalized spacial score (nSPS) is 13.9. The summed E-state index contributed by atoms with van der Waals surface area (Å²) in [4.78, 5) is 15.1. The molecule has 3 N–H and O–H groups in total. The summed E-state index contributed by atoms with van der Waals surface area (Å²) in [7, 11) is 0. The van der Waals surface area contributed by atoms with Crippen molar-refractivity contribution in [2.24, 2.45) is 0 Å². The maximum Gasteiger partial charge on any atom is 0.416 e. The minimum atomic E-state index is -4.39. The minimum Gasteiger partial charge on any atom is -0.383 e. The van der Waals surface area contributed by atoms with E-state index in [9.17, 15) is 13.2 Å². The topological polar surface area (TPSA) is 80.0 Å². The molecule has 0 atom stereocenters. The van der Waals surface area contributed by atoms with Crippen LogP contribution >= 0.6 is 11.6 Å². The number of nitrogens with one attached hydrogen (secondary N) is 1. The number of fused-ring (bicyclic) bond motifs is 1. The molecule has 4 rings (SSSR count). The maximum absolute atomic E-state index is 12.7. The lowest BCUT2D eigenvalue weighted by Gasteiger charge is -2.30. The molecule has 0 aliphatic carbocycles. The highest BCUT2D eigenvalue weighted by atomic mass is 35.5. The summed E-state index contributed by atoms with van der Waals surface area (Å²) in [6.45, 7) is 1.11. The number of nitrogen functional groups attached to an aromatic ring is 1. The Kier molecular flexibility index (Phi) is 4.91. The van der Waals surface area contributed by atoms with Gasteiger partial charge < -0.3 is 16.0 Å². The molecule has 2 aromatic heterocycles. The van der Waals surface area contributed by atoms with Gasteiger partial charge in [-0.2, -0.15) is 18.2 Å². The number of pyridine rings is 1. The molecule has 3 heterocycles. The van der Waals surface area contributed by atoms with Gasteiger partial charge in [0.1, 0.15) is 11.6 Å². The molecule has 10 heteroatoms. The van der Waals surface area contributed by atoms with Crippen LogP contribution in [0.5, 0.6) is 0 Å². The van der Waals surface area contributed by atoms with Crippen molar-refractivity contribution >= 4 is 34.9 Å². The van der Waals surface area contributed by atoms with E-state index in [0.717, 1.165) is 23.4 Å². The van der Waals surface area contributed by atoms with Gasteiger partial charge in [0.2, 0.25) is 5.95 Å². The molecule has 0 bridgehead atoms. The van der Waals surface area contributed by atoms with Gasteiger partial charge in [0, 0.05) is 24.0 Å². The number of anilines is 4. The Balaban J connectivity index is 1.58. The van der Waals surface area contributed by atoms with Gasteiger partial charge >= 0.3 is 6.18 Å². The number of nitrogens with two attached hydrogens (primary N) is 1. The Morgan fingerprint density at radius 2 is 1.86 bits per heavy atom. The van der Waals surface area contributed by atoms with Gasteiger partial charge in [-0.25, -0.2) is 9.97 Å². The fraction of sp³-hybridized carbons (Fsp3) is 0.211. The highest BCUT2D eigenvalue weighted by Crippen LogP contribution is 2.32. The summed E-state index contributed by atoms with van der Waals surface area (Å²) < 4.78 is 38.1. The number of nitrogens with zero attached hydrogens (tertiary/aromatic N) is 4. The molecule has 150 valence electrons. The molecule has 3 aromatic rings. The Hall–Kier alpha value is -3.07. The van der Waals surface area contributed by atoms with Gasteiger partial charge in [-0.1, -0.05) is 11.6 Å². The van der Waals surface area contributed by atoms with Crippen LogP contribution in [0.4, 0.5) is 36.4 Å². The molecular weight excluding hydrogens is 405 g/mol. The predicted octanol–water partition coefficient (Wildman–Crippen LogP) is 4.43. The molecule has 29 heavy (non-hydrogen) atoms. The third-order valence-corrected chi connectivity index (χ3v) is 4.90. The summed E-state index contributed by atoms with van der Waals surface area (Å²) in [5.74, 6) is 1.22. The van der Waals surface area contributed by atoms with Crippen molar-refractivity contribution in [2.45, 2.75) is 19.1 Å². The number of hydrogen-bond acceptors (Lipinski definition) is 6. The first-order valence-corrected chi connectivity index (χ1v) is 9.14. The summed E-state index contributed by atoms with van der Waals surface area (Å²) in [6, 6.07) is 8.16. The van der Waals surface area contributed by atoms with E-state index in [1.165, 1.54) is 12.1 Å². The predicted molar refractivity (Wildman–Crippen MR) is 105 cm³/mol. The Morgan fingerprint density at radius 1 is 1.10 bits per heavy atom. The second-order valence-electron chi connectivity index (χ2n) is 6.54. The number of alkyl halides is 3. The zero-order valence-corrected chi connectivity index (χ0v) is 15.8. The molecule has 0 saturated carbocycles. The Morgan fingerprint density at radius 3 is 2.55 bits per heavy atom. The standard InChI is InChI=1S/C19H16ClF3N6/c20-14-2-1-8-25-17(14)29-9-7-13-15(10-29)27-18(28-16(13)24)26-12-5-3-11(4-6-12)19(21,22)23/h1-6,8H,7,9-10H2,(H3,24,26,27,28). The average Bonchev–Trinajstić information content (AvgIpc) is 2.68. The van der Waals surface area contributed by atoms with Crippen LogP contribution in [0.1, 0.15) is 16.8 Å². The fourth-order valence-electron chi connectivity index (χ4n) is 3.18. The van der Waals surface area contributed by atoms with Gasteiger partial charge in [-0.15, -0.1) is 0 Å². The van der Waals surface area contributed by atoms with Gasteiger partial charge in [0.15, 0.2) is 0 Å². The second kappa shape index (κ2) is 7.40. The van der Waals surface area contributed by atoms with Gasteiger partial charge in [-0.3, -0.25) is 0 Å². The zero-order valence-electron chi connectivity index (χ0n) is 15.0. The van der Waals surface area contributed by atoms with E-state index in [0.29, 0.717) is 41.9 Å². The van der Waals surface area contributed by atoms with Gasteiger partial charge in [0.25, 0.3) is 0 Å². The van der Waals surface area contributed by atoms with E-state index in [1.54, 1.807) is 18.3 Å². The van der Waals surface area contributed by atoms with Crippen molar-refractivity contribution in [3.8, 4) is 0 Å². The van der Waals surface area contributed by atoms with Crippen molar-refractivity contribution in [3.05, 3.63) is 64.4 Å². The molecule has 0 radical (unpaired) electrons. The molecule has 0 amide bonds. The quantitative estimate of drug-likeness (QED) is 0.652. The van der Waals surface area contributed by atoms with E-state index in [2.05, 4.69) is 20.3 Å². The van der Waals surface area contributed by atoms with Crippen molar-refractivity contribution in [1.29, 1.82) is 0 Å². The summed E-state index contributed by atoms with van der Waals surface area (Å²) in [5, 5.41) is 3.45. The Bertz CT molecular complexity index is 1040. The minimum absolute atomic E-state index is 0.218. The van der Waals surface area contributed by atoms with E-state index >= 15 is 0 Å². The lowest BCUT2D eigenvalue weighted by atomic mass is 10.1. The molecule has 1 aliphatic heterocycles. The maximum atomic E-state index is 12.7. The Labute approximate surface area is 169 Å². The lowest BCUT2D eigenvalue weighted by molar-refractivity contribution is -0.137. The summed E-state index contributed by atoms with van der Waals surface area (Å²) >= 11 is 6.25. The SMILES string of the molecule is Nc1nc(Nc2ccc(C(F)(F)F)cc2)nc2c1CCN(c1ncccc1Cl)C2. The lowest BCUT2D eigenvalue weighted by Crippen LogP contribution is -2.33. The van der Waals surface area contributed by atoms with Crippen LogP contribution in [-0.2, 0) is 19.1 Å². The van der Waals surface area contributed by atoms with Crippen LogP contribution in [0.2, 0.25) is 5.02 Å². The number of rotatable bonds is 3. The summed E-state index contributed by atoms with van der Waals surface area (Å²) in [5.41, 5.74) is 7.37. The van der Waals surface area contributed by atoms with E-state index in [4.69, 9.17) is 17.3 Å². The van der Waals surface area contributed by atoms with Crippen LogP contribution in [0.15, 0.2) is 42.6 Å². The van der Waals surface area contributed by atoms with Crippen molar-refractivity contribution < 1.29 is 13.2 Å². The first-order chi connectivity index (χ1) is 13.8. The third-order valence-electron chi connectivity index (χ3n) is 4.60. The van der Waals surface area contributed by atoms with Crippen molar-refractivity contribution in [3.63, 3.8) is 0 Å². The highest BCUT2D eigenvalue weighted by molar-refractivity contribution is 6.32. The van der Waals surface area contributed by atoms with Crippen molar-refractivity contribution in [2.75, 3.05) is 22.5 Å².